The standard InChI is InChI=1S/C13H11Br2ClN2O2S/c1-7-11(16)5-9(6-12(7)17)21(19,20)18-13-3-2-8(14)4-10(13)15/h2-6,18H,17H2,1H3. The number of nitrogen functional groups attached to an aromatic ring is 1. The maximum atomic E-state index is 12.4. The number of halogens is 3. The summed E-state index contributed by atoms with van der Waals surface area (Å²) in [6.07, 6.45) is 0. The van der Waals surface area contributed by atoms with E-state index < -0.39 is 10.0 Å². The van der Waals surface area contributed by atoms with Crippen molar-refractivity contribution in [2.45, 2.75) is 11.8 Å². The van der Waals surface area contributed by atoms with Gasteiger partial charge in [-0.15, -0.1) is 0 Å². The SMILES string of the molecule is Cc1c(N)cc(S(=O)(=O)Nc2ccc(Br)cc2Br)cc1Cl. The highest BCUT2D eigenvalue weighted by Gasteiger charge is 2.18. The Morgan fingerprint density at radius 2 is 1.86 bits per heavy atom. The molecular weight excluding hydrogens is 443 g/mol. The van der Waals surface area contributed by atoms with Crippen molar-refractivity contribution in [3.8, 4) is 0 Å². The Morgan fingerprint density at radius 3 is 2.43 bits per heavy atom. The first-order valence-corrected chi connectivity index (χ1v) is 9.19. The molecule has 2 aromatic carbocycles. The van der Waals surface area contributed by atoms with Crippen LogP contribution < -0.4 is 10.5 Å². The molecule has 2 rings (SSSR count). The summed E-state index contributed by atoms with van der Waals surface area (Å²) in [5.41, 5.74) is 7.18. The van der Waals surface area contributed by atoms with Crippen LogP contribution >= 0.6 is 43.5 Å². The number of nitrogens with one attached hydrogen (secondary N) is 1. The van der Waals surface area contributed by atoms with Gasteiger partial charge in [-0.05, 0) is 58.7 Å². The lowest BCUT2D eigenvalue weighted by Gasteiger charge is -2.12. The lowest BCUT2D eigenvalue weighted by atomic mass is 10.2. The maximum absolute atomic E-state index is 12.4. The first-order chi connectivity index (χ1) is 9.70. The molecule has 8 heteroatoms. The number of hydrogen-bond acceptors (Lipinski definition) is 3. The Labute approximate surface area is 145 Å². The van der Waals surface area contributed by atoms with Gasteiger partial charge in [-0.25, -0.2) is 8.42 Å². The second-order valence-corrected chi connectivity index (χ2v) is 8.21. The molecule has 0 unspecified atom stereocenters. The summed E-state index contributed by atoms with van der Waals surface area (Å²) in [6, 6.07) is 7.89. The minimum absolute atomic E-state index is 0.0189. The summed E-state index contributed by atoms with van der Waals surface area (Å²) >= 11 is 12.6. The van der Waals surface area contributed by atoms with Gasteiger partial charge in [0.2, 0.25) is 0 Å². The van der Waals surface area contributed by atoms with Crippen LogP contribution in [0.15, 0.2) is 44.2 Å². The van der Waals surface area contributed by atoms with E-state index in [9.17, 15) is 8.42 Å². The van der Waals surface area contributed by atoms with E-state index in [0.29, 0.717) is 26.4 Å². The van der Waals surface area contributed by atoms with E-state index in [-0.39, 0.29) is 4.90 Å². The molecule has 0 atom stereocenters. The summed E-state index contributed by atoms with van der Waals surface area (Å²) < 4.78 is 28.7. The van der Waals surface area contributed by atoms with Gasteiger partial charge in [0.15, 0.2) is 0 Å². The smallest absolute Gasteiger partial charge is 0.262 e. The third-order valence-electron chi connectivity index (χ3n) is 2.84. The van der Waals surface area contributed by atoms with Gasteiger partial charge < -0.3 is 5.73 Å². The molecular formula is C13H11Br2ClN2O2S. The van der Waals surface area contributed by atoms with Gasteiger partial charge in [0.05, 0.1) is 10.6 Å². The second kappa shape index (κ2) is 6.16. The molecule has 0 aliphatic carbocycles. The Morgan fingerprint density at radius 1 is 1.19 bits per heavy atom. The maximum Gasteiger partial charge on any atom is 0.262 e. The third kappa shape index (κ3) is 3.71. The predicted octanol–water partition coefficient (Wildman–Crippen LogP) is 4.56. The molecule has 2 aromatic rings. The van der Waals surface area contributed by atoms with Gasteiger partial charge in [-0.3, -0.25) is 4.72 Å². The average molecular weight is 455 g/mol. The summed E-state index contributed by atoms with van der Waals surface area (Å²) in [6.45, 7) is 1.73. The van der Waals surface area contributed by atoms with Crippen LogP contribution in [0.1, 0.15) is 5.56 Å². The van der Waals surface area contributed by atoms with Crippen molar-refractivity contribution in [3.63, 3.8) is 0 Å². The number of anilines is 2. The number of hydrogen-bond donors (Lipinski definition) is 2. The summed E-state index contributed by atoms with van der Waals surface area (Å²) in [7, 11) is -3.77. The van der Waals surface area contributed by atoms with E-state index in [2.05, 4.69) is 36.6 Å². The van der Waals surface area contributed by atoms with Crippen molar-refractivity contribution in [3.05, 3.63) is 49.9 Å². The van der Waals surface area contributed by atoms with Gasteiger partial charge in [0.1, 0.15) is 0 Å². The number of sulfonamides is 1. The van der Waals surface area contributed by atoms with Gasteiger partial charge in [-0.1, -0.05) is 27.5 Å². The van der Waals surface area contributed by atoms with Crippen molar-refractivity contribution in [2.24, 2.45) is 0 Å². The molecule has 21 heavy (non-hydrogen) atoms. The van der Waals surface area contributed by atoms with Crippen molar-refractivity contribution < 1.29 is 8.42 Å². The van der Waals surface area contributed by atoms with Crippen molar-refractivity contribution in [1.29, 1.82) is 0 Å². The zero-order chi connectivity index (χ0) is 15.8. The van der Waals surface area contributed by atoms with Crippen molar-refractivity contribution in [1.82, 2.24) is 0 Å². The Balaban J connectivity index is 2.43. The predicted molar refractivity (Wildman–Crippen MR) is 93.3 cm³/mol. The molecule has 0 radical (unpaired) electrons. The minimum atomic E-state index is -3.77. The fourth-order valence-corrected chi connectivity index (χ4v) is 4.31. The highest BCUT2D eigenvalue weighted by atomic mass is 79.9. The molecule has 0 amide bonds. The molecule has 0 aliphatic heterocycles. The van der Waals surface area contributed by atoms with Crippen LogP contribution in [0.2, 0.25) is 5.02 Å². The number of nitrogens with two attached hydrogens (primary N) is 1. The van der Waals surface area contributed by atoms with Gasteiger partial charge >= 0.3 is 0 Å². The van der Waals surface area contributed by atoms with E-state index in [1.807, 2.05) is 0 Å². The zero-order valence-electron chi connectivity index (χ0n) is 10.8. The highest BCUT2D eigenvalue weighted by Crippen LogP contribution is 2.30. The number of rotatable bonds is 3. The van der Waals surface area contributed by atoms with E-state index in [4.69, 9.17) is 17.3 Å². The van der Waals surface area contributed by atoms with Crippen LogP contribution in [0.3, 0.4) is 0 Å². The lowest BCUT2D eigenvalue weighted by Crippen LogP contribution is -2.14. The van der Waals surface area contributed by atoms with Gasteiger partial charge in [0, 0.05) is 19.7 Å². The molecule has 0 heterocycles. The fourth-order valence-electron chi connectivity index (χ4n) is 1.61. The summed E-state index contributed by atoms with van der Waals surface area (Å²) in [5.74, 6) is 0. The largest absolute Gasteiger partial charge is 0.398 e. The molecule has 4 nitrogen and oxygen atoms in total. The minimum Gasteiger partial charge on any atom is -0.398 e. The molecule has 0 bridgehead atoms. The van der Waals surface area contributed by atoms with Crippen LogP contribution in [-0.4, -0.2) is 8.42 Å². The molecule has 0 aliphatic rings. The Hall–Kier alpha value is -0.760. The fraction of sp³-hybridized carbons (Fsp3) is 0.0769. The zero-order valence-corrected chi connectivity index (χ0v) is 15.6. The molecule has 0 saturated carbocycles. The van der Waals surface area contributed by atoms with Crippen molar-refractivity contribution >= 4 is 64.9 Å². The molecule has 0 fully saturated rings. The van der Waals surface area contributed by atoms with E-state index in [1.54, 1.807) is 25.1 Å². The van der Waals surface area contributed by atoms with E-state index in [0.717, 1.165) is 4.47 Å². The molecule has 0 saturated heterocycles. The van der Waals surface area contributed by atoms with Crippen LogP contribution in [0.4, 0.5) is 11.4 Å². The lowest BCUT2D eigenvalue weighted by molar-refractivity contribution is 0.601. The Bertz CT molecular complexity index is 787. The van der Waals surface area contributed by atoms with E-state index >= 15 is 0 Å². The number of benzene rings is 2. The third-order valence-corrected chi connectivity index (χ3v) is 5.73. The van der Waals surface area contributed by atoms with Crippen LogP contribution in [0, 0.1) is 6.92 Å². The van der Waals surface area contributed by atoms with Gasteiger partial charge in [-0.2, -0.15) is 0 Å². The molecule has 0 spiro atoms. The summed E-state index contributed by atoms with van der Waals surface area (Å²) in [4.78, 5) is 0.0189. The van der Waals surface area contributed by atoms with Crippen LogP contribution in [0.5, 0.6) is 0 Å². The summed E-state index contributed by atoms with van der Waals surface area (Å²) in [5, 5.41) is 0.310. The van der Waals surface area contributed by atoms with Crippen molar-refractivity contribution in [2.75, 3.05) is 10.5 Å². The normalized spacial score (nSPS) is 11.4. The molecule has 112 valence electrons. The first-order valence-electron chi connectivity index (χ1n) is 5.74. The highest BCUT2D eigenvalue weighted by molar-refractivity contribution is 9.11. The first kappa shape index (κ1) is 16.6. The van der Waals surface area contributed by atoms with Gasteiger partial charge in [0.25, 0.3) is 10.0 Å². The Kier molecular flexibility index (Phi) is 4.87. The van der Waals surface area contributed by atoms with Crippen LogP contribution in [0.25, 0.3) is 0 Å². The van der Waals surface area contributed by atoms with Crippen LogP contribution in [-0.2, 0) is 10.0 Å². The topological polar surface area (TPSA) is 72.2 Å². The molecule has 0 aromatic heterocycles. The monoisotopic (exact) mass is 452 g/mol. The average Bonchev–Trinajstić information content (AvgIpc) is 2.38. The molecule has 3 N–H and O–H groups in total. The van der Waals surface area contributed by atoms with E-state index in [1.165, 1.54) is 12.1 Å². The second-order valence-electron chi connectivity index (χ2n) is 4.35. The quantitative estimate of drug-likeness (QED) is 0.668.